The average molecular weight is 350 g/mol. The van der Waals surface area contributed by atoms with Gasteiger partial charge in [-0.3, -0.25) is 9.59 Å². The van der Waals surface area contributed by atoms with Crippen LogP contribution in [0.2, 0.25) is 0 Å². The molecule has 1 N–H and O–H groups in total. The van der Waals surface area contributed by atoms with Crippen molar-refractivity contribution in [3.8, 4) is 5.75 Å². The highest BCUT2D eigenvalue weighted by Gasteiger charge is 2.16. The number of carbonyl (C=O) groups excluding carboxylic acids is 1. The third-order valence-electron chi connectivity index (χ3n) is 4.42. The first-order valence-corrected chi connectivity index (χ1v) is 8.57. The van der Waals surface area contributed by atoms with E-state index in [1.807, 2.05) is 50.2 Å². The van der Waals surface area contributed by atoms with E-state index in [1.54, 1.807) is 24.1 Å². The Morgan fingerprint density at radius 1 is 1.15 bits per heavy atom. The first kappa shape index (κ1) is 17.7. The summed E-state index contributed by atoms with van der Waals surface area (Å²) < 4.78 is 5.25. The van der Waals surface area contributed by atoms with Crippen molar-refractivity contribution in [2.24, 2.45) is 0 Å². The molecular formula is C21H22N2O3. The minimum Gasteiger partial charge on any atom is -0.497 e. The van der Waals surface area contributed by atoms with Crippen LogP contribution in [0, 0.1) is 6.92 Å². The normalized spacial score (nSPS) is 10.7. The maximum Gasteiger partial charge on any atom is 0.254 e. The van der Waals surface area contributed by atoms with Crippen molar-refractivity contribution in [1.82, 2.24) is 9.88 Å². The predicted molar refractivity (Wildman–Crippen MR) is 103 cm³/mol. The van der Waals surface area contributed by atoms with Crippen LogP contribution in [0.15, 0.2) is 53.3 Å². The van der Waals surface area contributed by atoms with Crippen LogP contribution in [0.25, 0.3) is 10.9 Å². The molecule has 1 amide bonds. The van der Waals surface area contributed by atoms with Gasteiger partial charge in [0.15, 0.2) is 0 Å². The van der Waals surface area contributed by atoms with Gasteiger partial charge in [0, 0.05) is 28.6 Å². The second-order valence-electron chi connectivity index (χ2n) is 6.27. The smallest absolute Gasteiger partial charge is 0.254 e. The maximum absolute atomic E-state index is 12.8. The number of aromatic nitrogens is 1. The molecule has 1 heterocycles. The number of hydrogen-bond acceptors (Lipinski definition) is 3. The number of carbonyl (C=O) groups is 1. The molecule has 0 radical (unpaired) electrons. The number of rotatable bonds is 5. The van der Waals surface area contributed by atoms with E-state index in [0.29, 0.717) is 17.7 Å². The summed E-state index contributed by atoms with van der Waals surface area (Å²) in [7, 11) is 1.60. The summed E-state index contributed by atoms with van der Waals surface area (Å²) in [5.41, 5.74) is 2.77. The number of amides is 1. The number of hydrogen-bond donors (Lipinski definition) is 1. The van der Waals surface area contributed by atoms with Crippen molar-refractivity contribution in [1.29, 1.82) is 0 Å². The van der Waals surface area contributed by atoms with E-state index >= 15 is 0 Å². The number of H-pyrrole nitrogens is 1. The van der Waals surface area contributed by atoms with Crippen LogP contribution in [-0.2, 0) is 6.54 Å². The molecule has 0 aliphatic rings. The molecule has 0 fully saturated rings. The predicted octanol–water partition coefficient (Wildman–Crippen LogP) is 3.51. The molecule has 5 nitrogen and oxygen atoms in total. The number of benzene rings is 2. The summed E-state index contributed by atoms with van der Waals surface area (Å²) >= 11 is 0. The van der Waals surface area contributed by atoms with Crippen LogP contribution in [0.3, 0.4) is 0 Å². The van der Waals surface area contributed by atoms with Gasteiger partial charge in [-0.1, -0.05) is 17.7 Å². The molecule has 3 rings (SSSR count). The minimum absolute atomic E-state index is 0.0821. The average Bonchev–Trinajstić information content (AvgIpc) is 2.65. The van der Waals surface area contributed by atoms with E-state index in [1.165, 1.54) is 0 Å². The highest BCUT2D eigenvalue weighted by atomic mass is 16.5. The summed E-state index contributed by atoms with van der Waals surface area (Å²) in [6, 6.07) is 14.8. The molecule has 0 saturated heterocycles. The molecule has 2 aromatic carbocycles. The van der Waals surface area contributed by atoms with Gasteiger partial charge >= 0.3 is 0 Å². The van der Waals surface area contributed by atoms with E-state index in [2.05, 4.69) is 4.98 Å². The van der Waals surface area contributed by atoms with Crippen molar-refractivity contribution in [3.05, 3.63) is 75.6 Å². The lowest BCUT2D eigenvalue weighted by molar-refractivity contribution is 0.0752. The minimum atomic E-state index is -0.182. The van der Waals surface area contributed by atoms with Gasteiger partial charge in [-0.05, 0) is 50.2 Å². The zero-order valence-corrected chi connectivity index (χ0v) is 15.2. The van der Waals surface area contributed by atoms with Crippen molar-refractivity contribution >= 4 is 16.8 Å². The fourth-order valence-electron chi connectivity index (χ4n) is 2.97. The Kier molecular flexibility index (Phi) is 5.07. The van der Waals surface area contributed by atoms with Gasteiger partial charge in [-0.15, -0.1) is 0 Å². The molecule has 0 saturated carbocycles. The topological polar surface area (TPSA) is 62.4 Å². The lowest BCUT2D eigenvalue weighted by Gasteiger charge is -2.21. The number of aromatic amines is 1. The van der Waals surface area contributed by atoms with E-state index in [4.69, 9.17) is 4.74 Å². The van der Waals surface area contributed by atoms with Crippen molar-refractivity contribution in [2.75, 3.05) is 13.7 Å². The standard InChI is InChI=1S/C21H22N2O3/c1-4-23(21(25)15-7-5-6-14(2)10-15)13-17-11-16-12-18(26-3)8-9-19(16)22-20(17)24/h5-12H,4,13H2,1-3H3,(H,22,24). The van der Waals surface area contributed by atoms with E-state index in [0.717, 1.165) is 22.2 Å². The van der Waals surface area contributed by atoms with Gasteiger partial charge < -0.3 is 14.6 Å². The van der Waals surface area contributed by atoms with Gasteiger partial charge in [-0.2, -0.15) is 0 Å². The van der Waals surface area contributed by atoms with Gasteiger partial charge in [0.05, 0.1) is 13.7 Å². The number of methoxy groups -OCH3 is 1. The molecule has 0 spiro atoms. The van der Waals surface area contributed by atoms with E-state index < -0.39 is 0 Å². The van der Waals surface area contributed by atoms with Gasteiger partial charge in [0.1, 0.15) is 5.75 Å². The number of aryl methyl sites for hydroxylation is 1. The van der Waals surface area contributed by atoms with Gasteiger partial charge in [0.25, 0.3) is 11.5 Å². The lowest BCUT2D eigenvalue weighted by atomic mass is 10.1. The number of nitrogens with one attached hydrogen (secondary N) is 1. The van der Waals surface area contributed by atoms with Gasteiger partial charge in [-0.25, -0.2) is 0 Å². The first-order valence-electron chi connectivity index (χ1n) is 8.57. The van der Waals surface area contributed by atoms with Crippen molar-refractivity contribution in [2.45, 2.75) is 20.4 Å². The third-order valence-corrected chi connectivity index (χ3v) is 4.42. The fourth-order valence-corrected chi connectivity index (χ4v) is 2.97. The Bertz CT molecular complexity index is 1010. The Morgan fingerprint density at radius 2 is 1.96 bits per heavy atom. The number of nitrogens with zero attached hydrogens (tertiary/aromatic N) is 1. The van der Waals surface area contributed by atoms with Crippen LogP contribution >= 0.6 is 0 Å². The summed E-state index contributed by atoms with van der Waals surface area (Å²) in [6.45, 7) is 4.63. The Balaban J connectivity index is 1.93. The molecule has 0 aliphatic heterocycles. The summed E-state index contributed by atoms with van der Waals surface area (Å²) in [5.74, 6) is 0.639. The molecule has 0 aliphatic carbocycles. The zero-order chi connectivity index (χ0) is 18.7. The van der Waals surface area contributed by atoms with Gasteiger partial charge in [0.2, 0.25) is 0 Å². The van der Waals surface area contributed by atoms with Crippen LogP contribution < -0.4 is 10.3 Å². The summed E-state index contributed by atoms with van der Waals surface area (Å²) in [6.07, 6.45) is 0. The monoisotopic (exact) mass is 350 g/mol. The molecule has 3 aromatic rings. The Hall–Kier alpha value is -3.08. The molecule has 1 aromatic heterocycles. The quantitative estimate of drug-likeness (QED) is 0.766. The molecule has 5 heteroatoms. The first-order chi connectivity index (χ1) is 12.5. The van der Waals surface area contributed by atoms with E-state index in [-0.39, 0.29) is 18.0 Å². The molecule has 0 bridgehead atoms. The molecule has 134 valence electrons. The SMILES string of the molecule is CCN(Cc1cc2cc(OC)ccc2[nH]c1=O)C(=O)c1cccc(C)c1. The van der Waals surface area contributed by atoms with Crippen LogP contribution in [0.1, 0.15) is 28.4 Å². The van der Waals surface area contributed by atoms with Crippen LogP contribution in [0.5, 0.6) is 5.75 Å². The third kappa shape index (κ3) is 3.61. The highest BCUT2D eigenvalue weighted by Crippen LogP contribution is 2.19. The largest absolute Gasteiger partial charge is 0.497 e. The number of pyridine rings is 1. The Labute approximate surface area is 152 Å². The molecular weight excluding hydrogens is 328 g/mol. The summed E-state index contributed by atoms with van der Waals surface area (Å²) in [5, 5.41) is 0.873. The zero-order valence-electron chi connectivity index (χ0n) is 15.2. The second-order valence-corrected chi connectivity index (χ2v) is 6.27. The van der Waals surface area contributed by atoms with E-state index in [9.17, 15) is 9.59 Å². The molecule has 0 unspecified atom stereocenters. The Morgan fingerprint density at radius 3 is 2.65 bits per heavy atom. The number of ether oxygens (including phenoxy) is 1. The fraction of sp³-hybridized carbons (Fsp3) is 0.238. The van der Waals surface area contributed by atoms with Crippen LogP contribution in [-0.4, -0.2) is 29.4 Å². The molecule has 26 heavy (non-hydrogen) atoms. The maximum atomic E-state index is 12.8. The highest BCUT2D eigenvalue weighted by molar-refractivity contribution is 5.94. The summed E-state index contributed by atoms with van der Waals surface area (Å²) in [4.78, 5) is 29.8. The number of fused-ring (bicyclic) bond motifs is 1. The van der Waals surface area contributed by atoms with Crippen molar-refractivity contribution in [3.63, 3.8) is 0 Å². The molecule has 0 atom stereocenters. The van der Waals surface area contributed by atoms with Crippen molar-refractivity contribution < 1.29 is 9.53 Å². The lowest BCUT2D eigenvalue weighted by Crippen LogP contribution is -2.32. The van der Waals surface area contributed by atoms with Crippen LogP contribution in [0.4, 0.5) is 0 Å². The second kappa shape index (κ2) is 7.44.